The molecule has 1 aromatic carbocycles. The topological polar surface area (TPSA) is 39.1 Å². The van der Waals surface area contributed by atoms with Crippen LogP contribution in [0.2, 0.25) is 5.02 Å². The Bertz CT molecular complexity index is 543. The van der Waals surface area contributed by atoms with Crippen LogP contribution >= 0.6 is 11.6 Å². The molecular weight excluding hydrogens is 270 g/mol. The summed E-state index contributed by atoms with van der Waals surface area (Å²) < 4.78 is 0. The molecular formula is C16H20ClN3. The first-order valence-electron chi connectivity index (χ1n) is 7.31. The Morgan fingerprint density at radius 3 is 2.80 bits per heavy atom. The average molecular weight is 290 g/mol. The summed E-state index contributed by atoms with van der Waals surface area (Å²) >= 11 is 6.17. The van der Waals surface area contributed by atoms with Gasteiger partial charge < -0.3 is 10.2 Å². The summed E-state index contributed by atoms with van der Waals surface area (Å²) in [5.41, 5.74) is 2.17. The average Bonchev–Trinajstić information content (AvgIpc) is 2.76. The molecule has 1 atom stereocenters. The molecule has 2 aliphatic rings. The standard InChI is InChI=1S/C16H20ClN3/c1-12-9-16(4-6-19-7-5-16)11-20(12)14-3-2-13(10-18)15(17)8-14/h2-3,8,12,19H,4-7,9,11H2,1H3/t12-/m0/s1. The predicted molar refractivity (Wildman–Crippen MR) is 82.1 cm³/mol. The number of piperidine rings is 1. The highest BCUT2D eigenvalue weighted by molar-refractivity contribution is 6.32. The number of hydrogen-bond acceptors (Lipinski definition) is 3. The van der Waals surface area contributed by atoms with E-state index in [9.17, 15) is 0 Å². The van der Waals surface area contributed by atoms with Crippen LogP contribution < -0.4 is 10.2 Å². The molecule has 0 bridgehead atoms. The van der Waals surface area contributed by atoms with Gasteiger partial charge >= 0.3 is 0 Å². The van der Waals surface area contributed by atoms with E-state index in [1.165, 1.54) is 19.3 Å². The Hall–Kier alpha value is -1.24. The molecule has 2 fully saturated rings. The van der Waals surface area contributed by atoms with Crippen LogP contribution in [0.4, 0.5) is 5.69 Å². The zero-order valence-corrected chi connectivity index (χ0v) is 12.6. The van der Waals surface area contributed by atoms with Crippen LogP contribution in [0.5, 0.6) is 0 Å². The van der Waals surface area contributed by atoms with Crippen molar-refractivity contribution in [3.63, 3.8) is 0 Å². The lowest BCUT2D eigenvalue weighted by atomic mass is 9.77. The summed E-state index contributed by atoms with van der Waals surface area (Å²) in [4.78, 5) is 2.46. The number of anilines is 1. The number of hydrogen-bond donors (Lipinski definition) is 1. The molecule has 4 heteroatoms. The minimum Gasteiger partial charge on any atom is -0.368 e. The zero-order valence-electron chi connectivity index (χ0n) is 11.8. The fourth-order valence-electron chi connectivity index (χ4n) is 3.76. The van der Waals surface area contributed by atoms with E-state index in [-0.39, 0.29) is 0 Å². The third kappa shape index (κ3) is 2.39. The number of halogens is 1. The van der Waals surface area contributed by atoms with E-state index in [1.54, 1.807) is 0 Å². The normalized spacial score (nSPS) is 24.9. The Morgan fingerprint density at radius 2 is 2.15 bits per heavy atom. The molecule has 0 amide bonds. The van der Waals surface area contributed by atoms with Crippen molar-refractivity contribution in [3.05, 3.63) is 28.8 Å². The maximum atomic E-state index is 8.97. The number of nitrogens with one attached hydrogen (secondary N) is 1. The van der Waals surface area contributed by atoms with E-state index < -0.39 is 0 Å². The Kier molecular flexibility index (Phi) is 3.62. The Balaban J connectivity index is 1.84. The van der Waals surface area contributed by atoms with Gasteiger partial charge in [0.2, 0.25) is 0 Å². The first-order chi connectivity index (χ1) is 9.63. The van der Waals surface area contributed by atoms with Gasteiger partial charge in [0.1, 0.15) is 6.07 Å². The first-order valence-corrected chi connectivity index (χ1v) is 7.68. The van der Waals surface area contributed by atoms with Gasteiger partial charge in [0, 0.05) is 18.3 Å². The van der Waals surface area contributed by atoms with Crippen molar-refractivity contribution >= 4 is 17.3 Å². The molecule has 106 valence electrons. The van der Waals surface area contributed by atoms with E-state index in [0.717, 1.165) is 25.3 Å². The molecule has 1 aromatic rings. The molecule has 0 unspecified atom stereocenters. The SMILES string of the molecule is C[C@H]1CC2(CCNCC2)CN1c1ccc(C#N)c(Cl)c1. The summed E-state index contributed by atoms with van der Waals surface area (Å²) in [5.74, 6) is 0. The van der Waals surface area contributed by atoms with Gasteiger partial charge in [-0.15, -0.1) is 0 Å². The van der Waals surface area contributed by atoms with Gasteiger partial charge in [-0.2, -0.15) is 5.26 Å². The molecule has 0 aliphatic carbocycles. The molecule has 2 saturated heterocycles. The molecule has 1 spiro atoms. The molecule has 2 heterocycles. The zero-order chi connectivity index (χ0) is 14.2. The lowest BCUT2D eigenvalue weighted by molar-refractivity contribution is 0.227. The van der Waals surface area contributed by atoms with Gasteiger partial charge in [-0.05, 0) is 62.9 Å². The third-order valence-corrected chi connectivity index (χ3v) is 5.15. The summed E-state index contributed by atoms with van der Waals surface area (Å²) in [7, 11) is 0. The van der Waals surface area contributed by atoms with Crippen molar-refractivity contribution in [2.24, 2.45) is 5.41 Å². The minimum absolute atomic E-state index is 0.463. The van der Waals surface area contributed by atoms with Crippen LogP contribution in [-0.4, -0.2) is 25.7 Å². The number of nitrogens with zero attached hydrogens (tertiary/aromatic N) is 2. The second-order valence-electron chi connectivity index (χ2n) is 6.21. The molecule has 0 radical (unpaired) electrons. The van der Waals surface area contributed by atoms with Crippen molar-refractivity contribution in [2.75, 3.05) is 24.5 Å². The second kappa shape index (κ2) is 5.27. The highest BCUT2D eigenvalue weighted by atomic mass is 35.5. The van der Waals surface area contributed by atoms with Gasteiger partial charge in [-0.1, -0.05) is 11.6 Å². The minimum atomic E-state index is 0.463. The van der Waals surface area contributed by atoms with Crippen LogP contribution in [0.3, 0.4) is 0 Å². The van der Waals surface area contributed by atoms with Gasteiger partial charge in [0.05, 0.1) is 10.6 Å². The summed E-state index contributed by atoms with van der Waals surface area (Å²) in [5, 5.41) is 13.0. The second-order valence-corrected chi connectivity index (χ2v) is 6.61. The fraction of sp³-hybridized carbons (Fsp3) is 0.562. The maximum Gasteiger partial charge on any atom is 0.101 e. The maximum absolute atomic E-state index is 8.97. The van der Waals surface area contributed by atoms with Gasteiger partial charge in [-0.25, -0.2) is 0 Å². The number of rotatable bonds is 1. The van der Waals surface area contributed by atoms with Crippen LogP contribution in [0.15, 0.2) is 18.2 Å². The molecule has 3 rings (SSSR count). The van der Waals surface area contributed by atoms with Crippen molar-refractivity contribution < 1.29 is 0 Å². The number of nitriles is 1. The van der Waals surface area contributed by atoms with Gasteiger partial charge in [0.15, 0.2) is 0 Å². The Morgan fingerprint density at radius 1 is 1.40 bits per heavy atom. The van der Waals surface area contributed by atoms with Gasteiger partial charge in [0.25, 0.3) is 0 Å². The monoisotopic (exact) mass is 289 g/mol. The lowest BCUT2D eigenvalue weighted by Gasteiger charge is -2.34. The molecule has 20 heavy (non-hydrogen) atoms. The first kappa shape index (κ1) is 13.7. The highest BCUT2D eigenvalue weighted by Crippen LogP contribution is 2.44. The Labute approximate surface area is 125 Å². The van der Waals surface area contributed by atoms with Crippen LogP contribution in [0.25, 0.3) is 0 Å². The molecule has 0 saturated carbocycles. The van der Waals surface area contributed by atoms with Crippen molar-refractivity contribution in [1.82, 2.24) is 5.32 Å². The smallest absolute Gasteiger partial charge is 0.101 e. The van der Waals surface area contributed by atoms with E-state index in [4.69, 9.17) is 16.9 Å². The third-order valence-electron chi connectivity index (χ3n) is 4.84. The summed E-state index contributed by atoms with van der Waals surface area (Å²) in [6.07, 6.45) is 3.78. The van der Waals surface area contributed by atoms with E-state index >= 15 is 0 Å². The lowest BCUT2D eigenvalue weighted by Crippen LogP contribution is -2.38. The van der Waals surface area contributed by atoms with Crippen LogP contribution in [0.1, 0.15) is 31.7 Å². The van der Waals surface area contributed by atoms with E-state index in [1.807, 2.05) is 18.2 Å². The van der Waals surface area contributed by atoms with Crippen molar-refractivity contribution in [3.8, 4) is 6.07 Å². The predicted octanol–water partition coefficient (Wildman–Crippen LogP) is 3.18. The summed E-state index contributed by atoms with van der Waals surface area (Å²) in [6, 6.07) is 8.46. The van der Waals surface area contributed by atoms with E-state index in [0.29, 0.717) is 22.0 Å². The highest BCUT2D eigenvalue weighted by Gasteiger charge is 2.42. The molecule has 0 aromatic heterocycles. The van der Waals surface area contributed by atoms with Crippen LogP contribution in [0, 0.1) is 16.7 Å². The number of benzene rings is 1. The molecule has 2 aliphatic heterocycles. The van der Waals surface area contributed by atoms with Gasteiger partial charge in [-0.3, -0.25) is 0 Å². The molecule has 1 N–H and O–H groups in total. The quantitative estimate of drug-likeness (QED) is 0.863. The molecule has 3 nitrogen and oxygen atoms in total. The van der Waals surface area contributed by atoms with E-state index in [2.05, 4.69) is 23.2 Å². The van der Waals surface area contributed by atoms with Crippen molar-refractivity contribution in [2.45, 2.75) is 32.2 Å². The van der Waals surface area contributed by atoms with Crippen molar-refractivity contribution in [1.29, 1.82) is 5.26 Å². The fourth-order valence-corrected chi connectivity index (χ4v) is 3.97. The van der Waals surface area contributed by atoms with Crippen LogP contribution in [-0.2, 0) is 0 Å². The largest absolute Gasteiger partial charge is 0.368 e. The summed E-state index contributed by atoms with van der Waals surface area (Å²) in [6.45, 7) is 5.67.